The molecule has 0 spiro atoms. The number of H-pyrrole nitrogens is 1. The first-order valence-corrected chi connectivity index (χ1v) is 6.82. The van der Waals surface area contributed by atoms with Crippen LogP contribution in [0.3, 0.4) is 0 Å². The van der Waals surface area contributed by atoms with Gasteiger partial charge in [-0.15, -0.1) is 0 Å². The van der Waals surface area contributed by atoms with Crippen LogP contribution in [-0.4, -0.2) is 28.2 Å². The molecule has 98 valence electrons. The third kappa shape index (κ3) is 2.16. The smallest absolute Gasteiger partial charge is 0.102 e. The van der Waals surface area contributed by atoms with Gasteiger partial charge >= 0.3 is 0 Å². The summed E-state index contributed by atoms with van der Waals surface area (Å²) in [5.41, 5.74) is 5.50. The monoisotopic (exact) mass is 253 g/mol. The maximum absolute atomic E-state index is 4.47. The Balaban J connectivity index is 2.01. The van der Waals surface area contributed by atoms with Crippen LogP contribution in [0.1, 0.15) is 24.1 Å². The first kappa shape index (κ1) is 12.0. The molecule has 0 atom stereocenters. The predicted octanol–water partition coefficient (Wildman–Crippen LogP) is 3.45. The van der Waals surface area contributed by atoms with Crippen LogP contribution in [0, 0.1) is 6.92 Å². The highest BCUT2D eigenvalue weighted by molar-refractivity contribution is 5.78. The third-order valence-electron chi connectivity index (χ3n) is 3.77. The fraction of sp³-hybridized carbons (Fsp3) is 0.312. The second-order valence-corrected chi connectivity index (χ2v) is 5.08. The molecule has 2 heterocycles. The summed E-state index contributed by atoms with van der Waals surface area (Å²) in [5.74, 6) is 0. The van der Waals surface area contributed by atoms with Crippen molar-refractivity contribution in [3.8, 4) is 11.3 Å². The van der Waals surface area contributed by atoms with Gasteiger partial charge in [-0.2, -0.15) is 5.10 Å². The van der Waals surface area contributed by atoms with E-state index in [4.69, 9.17) is 0 Å². The Morgan fingerprint density at radius 3 is 2.58 bits per heavy atom. The summed E-state index contributed by atoms with van der Waals surface area (Å²) in [5, 5.41) is 7.57. The van der Waals surface area contributed by atoms with Crippen LogP contribution in [-0.2, 0) is 0 Å². The maximum Gasteiger partial charge on any atom is 0.102 e. The van der Waals surface area contributed by atoms with Crippen molar-refractivity contribution in [2.75, 3.05) is 13.1 Å². The number of hydrogen-bond donors (Lipinski definition) is 1. The molecule has 0 unspecified atom stereocenters. The summed E-state index contributed by atoms with van der Waals surface area (Å²) >= 11 is 0. The van der Waals surface area contributed by atoms with Gasteiger partial charge in [0, 0.05) is 35.6 Å². The van der Waals surface area contributed by atoms with Gasteiger partial charge < -0.3 is 4.90 Å². The van der Waals surface area contributed by atoms with Gasteiger partial charge in [0.15, 0.2) is 0 Å². The minimum Gasteiger partial charge on any atom is -0.371 e. The van der Waals surface area contributed by atoms with E-state index in [1.807, 2.05) is 18.2 Å². The van der Waals surface area contributed by atoms with E-state index in [2.05, 4.69) is 40.7 Å². The zero-order valence-corrected chi connectivity index (χ0v) is 11.3. The highest BCUT2D eigenvalue weighted by Crippen LogP contribution is 2.32. The molecular weight excluding hydrogens is 234 g/mol. The zero-order chi connectivity index (χ0) is 13.2. The molecule has 0 radical (unpaired) electrons. The Morgan fingerprint density at radius 1 is 1.21 bits per heavy atom. The molecule has 1 N–H and O–H groups in total. The molecule has 0 amide bonds. The van der Waals surface area contributed by atoms with E-state index in [1.54, 1.807) is 0 Å². The van der Waals surface area contributed by atoms with E-state index < -0.39 is 0 Å². The van der Waals surface area contributed by atoms with Gasteiger partial charge in [0.2, 0.25) is 0 Å². The maximum atomic E-state index is 4.47. The topological polar surface area (TPSA) is 31.9 Å². The third-order valence-corrected chi connectivity index (χ3v) is 3.77. The van der Waals surface area contributed by atoms with Crippen molar-refractivity contribution < 1.29 is 0 Å². The lowest BCUT2D eigenvalue weighted by atomic mass is 10.0. The van der Waals surface area contributed by atoms with Gasteiger partial charge in [-0.3, -0.25) is 5.10 Å². The Morgan fingerprint density at radius 2 is 1.89 bits per heavy atom. The fourth-order valence-corrected chi connectivity index (χ4v) is 2.73. The van der Waals surface area contributed by atoms with Crippen molar-refractivity contribution in [2.45, 2.75) is 19.8 Å². The number of aromatic amines is 1. The lowest BCUT2D eigenvalue weighted by molar-refractivity contribution is 0.494. The molecule has 0 aliphatic carbocycles. The van der Waals surface area contributed by atoms with Gasteiger partial charge in [-0.05, 0) is 19.8 Å². The van der Waals surface area contributed by atoms with Crippen LogP contribution in [0.4, 0.5) is 0 Å². The van der Waals surface area contributed by atoms with E-state index in [0.717, 1.165) is 41.3 Å². The summed E-state index contributed by atoms with van der Waals surface area (Å²) in [4.78, 5) is 2.37. The minimum atomic E-state index is 1.01. The lowest BCUT2D eigenvalue weighted by Gasteiger charge is -2.21. The standard InChI is InChI=1S/C16H19N3/c1-12-15(13(2)19-10-6-7-11-19)16(18-17-12)14-8-4-3-5-9-14/h3-5,8-9H,2,6-7,10-11H2,1H3,(H,17,18). The minimum absolute atomic E-state index is 1.01. The molecule has 2 aromatic rings. The molecule has 3 heteroatoms. The average Bonchev–Trinajstić information content (AvgIpc) is 3.08. The van der Waals surface area contributed by atoms with Crippen molar-refractivity contribution in [1.82, 2.24) is 15.1 Å². The van der Waals surface area contributed by atoms with Crippen LogP contribution in [0.15, 0.2) is 36.9 Å². The van der Waals surface area contributed by atoms with Crippen LogP contribution in [0.25, 0.3) is 17.0 Å². The van der Waals surface area contributed by atoms with Crippen LogP contribution in [0.2, 0.25) is 0 Å². The molecule has 3 rings (SSSR count). The molecule has 0 bridgehead atoms. The second-order valence-electron chi connectivity index (χ2n) is 5.08. The number of rotatable bonds is 3. The Kier molecular flexibility index (Phi) is 3.11. The van der Waals surface area contributed by atoms with Crippen molar-refractivity contribution in [1.29, 1.82) is 0 Å². The highest BCUT2D eigenvalue weighted by atomic mass is 15.2. The van der Waals surface area contributed by atoms with Gasteiger partial charge in [-0.1, -0.05) is 36.9 Å². The second kappa shape index (κ2) is 4.92. The van der Waals surface area contributed by atoms with Gasteiger partial charge in [0.05, 0.1) is 0 Å². The van der Waals surface area contributed by atoms with Gasteiger partial charge in [0.1, 0.15) is 5.69 Å². The number of aryl methyl sites for hydroxylation is 1. The molecule has 1 aromatic carbocycles. The number of benzene rings is 1. The van der Waals surface area contributed by atoms with Crippen molar-refractivity contribution >= 4 is 5.70 Å². The molecule has 0 saturated carbocycles. The molecule has 1 aromatic heterocycles. The Bertz CT molecular complexity index is 577. The molecule has 3 nitrogen and oxygen atoms in total. The molecule has 1 fully saturated rings. The van der Waals surface area contributed by atoms with Crippen LogP contribution >= 0.6 is 0 Å². The number of nitrogens with zero attached hydrogens (tertiary/aromatic N) is 2. The lowest BCUT2D eigenvalue weighted by Crippen LogP contribution is -2.17. The fourth-order valence-electron chi connectivity index (χ4n) is 2.73. The van der Waals surface area contributed by atoms with Crippen molar-refractivity contribution in [3.05, 3.63) is 48.2 Å². The first-order chi connectivity index (χ1) is 9.27. The summed E-state index contributed by atoms with van der Waals surface area (Å²) in [6.07, 6.45) is 2.52. The van der Waals surface area contributed by atoms with Gasteiger partial charge in [-0.25, -0.2) is 0 Å². The zero-order valence-electron chi connectivity index (χ0n) is 11.3. The van der Waals surface area contributed by atoms with Gasteiger partial charge in [0.25, 0.3) is 0 Å². The van der Waals surface area contributed by atoms with E-state index in [1.165, 1.54) is 12.8 Å². The van der Waals surface area contributed by atoms with E-state index >= 15 is 0 Å². The highest BCUT2D eigenvalue weighted by Gasteiger charge is 2.21. The first-order valence-electron chi connectivity index (χ1n) is 6.82. The van der Waals surface area contributed by atoms with E-state index in [-0.39, 0.29) is 0 Å². The number of nitrogens with one attached hydrogen (secondary N) is 1. The predicted molar refractivity (Wildman–Crippen MR) is 78.6 cm³/mol. The molecule has 19 heavy (non-hydrogen) atoms. The Hall–Kier alpha value is -2.03. The largest absolute Gasteiger partial charge is 0.371 e. The summed E-state index contributed by atoms with van der Waals surface area (Å²) in [7, 11) is 0. The molecule has 1 aliphatic heterocycles. The quantitative estimate of drug-likeness (QED) is 0.908. The number of hydrogen-bond acceptors (Lipinski definition) is 2. The summed E-state index contributed by atoms with van der Waals surface area (Å²) in [6.45, 7) is 8.58. The molecule has 1 aliphatic rings. The number of aromatic nitrogens is 2. The van der Waals surface area contributed by atoms with Crippen molar-refractivity contribution in [2.24, 2.45) is 0 Å². The van der Waals surface area contributed by atoms with Crippen molar-refractivity contribution in [3.63, 3.8) is 0 Å². The molecular formula is C16H19N3. The average molecular weight is 253 g/mol. The summed E-state index contributed by atoms with van der Waals surface area (Å²) in [6, 6.07) is 10.3. The van der Waals surface area contributed by atoms with E-state index in [0.29, 0.717) is 0 Å². The van der Waals surface area contributed by atoms with Crippen LogP contribution < -0.4 is 0 Å². The van der Waals surface area contributed by atoms with E-state index in [9.17, 15) is 0 Å². The normalized spacial score (nSPS) is 14.9. The summed E-state index contributed by atoms with van der Waals surface area (Å²) < 4.78 is 0. The SMILES string of the molecule is C=C(c1c(-c2ccccc2)n[nH]c1C)N1CCCC1. The van der Waals surface area contributed by atoms with Crippen LogP contribution in [0.5, 0.6) is 0 Å². The Labute approximate surface area is 114 Å². The number of likely N-dealkylation sites (tertiary alicyclic amines) is 1. The molecule has 1 saturated heterocycles.